The number of halogens is 1. The van der Waals surface area contributed by atoms with Crippen molar-refractivity contribution in [2.45, 2.75) is 6.29 Å². The van der Waals surface area contributed by atoms with Gasteiger partial charge in [-0.15, -0.1) is 17.0 Å². The molecule has 136 valence electrons. The molecular weight excluding hydrogens is 407 g/mol. The van der Waals surface area contributed by atoms with Gasteiger partial charge in [-0.25, -0.2) is 0 Å². The van der Waals surface area contributed by atoms with E-state index < -0.39 is 7.26 Å². The van der Waals surface area contributed by atoms with Crippen LogP contribution < -0.4 is 15.9 Å². The van der Waals surface area contributed by atoms with Crippen molar-refractivity contribution in [2.75, 3.05) is 19.4 Å². The molecule has 1 saturated heterocycles. The number of hydrogen-bond donors (Lipinski definition) is 0. The van der Waals surface area contributed by atoms with Crippen LogP contribution in [-0.4, -0.2) is 25.7 Å². The molecule has 26 heavy (non-hydrogen) atoms. The van der Waals surface area contributed by atoms with Gasteiger partial charge in [-0.05, 0) is 0 Å². The average molecular weight is 431 g/mol. The van der Waals surface area contributed by atoms with E-state index in [-0.39, 0.29) is 23.3 Å². The molecule has 0 radical (unpaired) electrons. The first-order valence-electron chi connectivity index (χ1n) is 8.79. The third-order valence-corrected chi connectivity index (χ3v) is 9.87. The van der Waals surface area contributed by atoms with Crippen LogP contribution in [0.2, 0.25) is 0 Å². The number of benzene rings is 3. The number of hydrogen-bond acceptors (Lipinski definition) is 2. The zero-order chi connectivity index (χ0) is 17.0. The van der Waals surface area contributed by atoms with E-state index in [1.54, 1.807) is 0 Å². The van der Waals surface area contributed by atoms with Crippen molar-refractivity contribution in [3.8, 4) is 0 Å². The first kappa shape index (κ1) is 19.3. The van der Waals surface area contributed by atoms with Gasteiger partial charge in [-0.1, -0.05) is 0 Å². The molecule has 4 heteroatoms. The molecule has 1 aliphatic heterocycles. The van der Waals surface area contributed by atoms with Gasteiger partial charge in [0.05, 0.1) is 0 Å². The second kappa shape index (κ2) is 8.92. The molecule has 1 heterocycles. The van der Waals surface area contributed by atoms with Crippen molar-refractivity contribution in [3.63, 3.8) is 0 Å². The van der Waals surface area contributed by atoms with Gasteiger partial charge < -0.3 is 0 Å². The summed E-state index contributed by atoms with van der Waals surface area (Å²) in [6.07, 6.45) is 0.762. The Morgan fingerprint density at radius 2 is 0.962 bits per heavy atom. The summed E-state index contributed by atoms with van der Waals surface area (Å²) < 4.78 is 11.8. The van der Waals surface area contributed by atoms with Crippen molar-refractivity contribution >= 4 is 40.2 Å². The van der Waals surface area contributed by atoms with Crippen LogP contribution in [0.1, 0.15) is 0 Å². The Morgan fingerprint density at radius 1 is 0.615 bits per heavy atom. The summed E-state index contributed by atoms with van der Waals surface area (Å²) in [7, 11) is -2.24. The fourth-order valence-electron chi connectivity index (χ4n) is 3.80. The molecular formula is C22H24BrO2P. The van der Waals surface area contributed by atoms with Crippen LogP contribution >= 0.6 is 24.2 Å². The van der Waals surface area contributed by atoms with Gasteiger partial charge in [-0.2, -0.15) is 0 Å². The molecule has 0 atom stereocenters. The summed E-state index contributed by atoms with van der Waals surface area (Å²) in [4.78, 5) is 0. The Kier molecular flexibility index (Phi) is 6.61. The van der Waals surface area contributed by atoms with E-state index in [1.807, 2.05) is 0 Å². The van der Waals surface area contributed by atoms with Crippen molar-refractivity contribution in [1.29, 1.82) is 0 Å². The Balaban J connectivity index is 0.00000196. The molecule has 3 aromatic carbocycles. The Bertz CT molecular complexity index is 693. The molecule has 0 N–H and O–H groups in total. The molecule has 4 rings (SSSR count). The van der Waals surface area contributed by atoms with Gasteiger partial charge in [0.1, 0.15) is 0 Å². The van der Waals surface area contributed by atoms with Crippen molar-refractivity contribution in [1.82, 2.24) is 0 Å². The van der Waals surface area contributed by atoms with Crippen LogP contribution in [0, 0.1) is 0 Å². The summed E-state index contributed by atoms with van der Waals surface area (Å²) >= 11 is 0. The zero-order valence-electron chi connectivity index (χ0n) is 14.6. The molecule has 0 amide bonds. The van der Waals surface area contributed by atoms with E-state index in [0.717, 1.165) is 6.16 Å². The van der Waals surface area contributed by atoms with Gasteiger partial charge in [0, 0.05) is 0 Å². The molecule has 2 nitrogen and oxygen atoms in total. The maximum absolute atomic E-state index is 5.89. The zero-order valence-corrected chi connectivity index (χ0v) is 17.3. The van der Waals surface area contributed by atoms with Gasteiger partial charge in [0.15, 0.2) is 0 Å². The monoisotopic (exact) mass is 430 g/mol. The fraction of sp³-hybridized carbons (Fsp3) is 0.182. The summed E-state index contributed by atoms with van der Waals surface area (Å²) in [6, 6.07) is 32.7. The van der Waals surface area contributed by atoms with Gasteiger partial charge in [-0.3, -0.25) is 0 Å². The molecule has 0 unspecified atom stereocenters. The molecule has 1 aliphatic rings. The molecule has 0 saturated carbocycles. The Hall–Kier alpha value is -1.51. The minimum absolute atomic E-state index is 0. The number of ether oxygens (including phenoxy) is 2. The van der Waals surface area contributed by atoms with Crippen LogP contribution in [0.5, 0.6) is 0 Å². The second-order valence-electron chi connectivity index (χ2n) is 6.38. The van der Waals surface area contributed by atoms with Gasteiger partial charge in [0.25, 0.3) is 0 Å². The SMILES string of the molecule is Br.c1ccc([PH](CC2OCCO2)(c2ccccc2)c2ccccc2)cc1. The van der Waals surface area contributed by atoms with E-state index in [9.17, 15) is 0 Å². The average Bonchev–Trinajstić information content (AvgIpc) is 3.21. The molecule has 0 spiro atoms. The molecule has 0 bridgehead atoms. The van der Waals surface area contributed by atoms with Crippen molar-refractivity contribution in [3.05, 3.63) is 91.0 Å². The molecule has 3 aromatic rings. The predicted octanol–water partition coefficient (Wildman–Crippen LogP) is 3.66. The molecule has 1 fully saturated rings. The topological polar surface area (TPSA) is 18.5 Å². The number of rotatable bonds is 5. The summed E-state index contributed by atoms with van der Waals surface area (Å²) in [5.41, 5.74) is 0. The first-order chi connectivity index (χ1) is 12.4. The standard InChI is InChI=1S/C22H23O2P.BrH/c1-4-10-19(11-5-1)25(18-22-23-16-17-24-22,20-12-6-2-7-13-20)21-14-8-3-9-15-21;/h1-15,22,25H,16-18H2;1H. The molecule has 0 aliphatic carbocycles. The fourth-order valence-corrected chi connectivity index (χ4v) is 8.52. The van der Waals surface area contributed by atoms with Crippen molar-refractivity contribution in [2.24, 2.45) is 0 Å². The summed E-state index contributed by atoms with van der Waals surface area (Å²) in [5.74, 6) is 0. The normalized spacial score (nSPS) is 15.4. The van der Waals surface area contributed by atoms with E-state index in [4.69, 9.17) is 9.47 Å². The van der Waals surface area contributed by atoms with E-state index in [0.29, 0.717) is 13.2 Å². The van der Waals surface area contributed by atoms with E-state index in [1.165, 1.54) is 15.9 Å². The Morgan fingerprint density at radius 3 is 1.31 bits per heavy atom. The van der Waals surface area contributed by atoms with Gasteiger partial charge in [0.2, 0.25) is 0 Å². The second-order valence-corrected chi connectivity index (χ2v) is 10.3. The third-order valence-electron chi connectivity index (χ3n) is 4.96. The minimum atomic E-state index is -2.24. The summed E-state index contributed by atoms with van der Waals surface area (Å²) in [5, 5.41) is 4.18. The third kappa shape index (κ3) is 3.77. The van der Waals surface area contributed by atoms with Crippen molar-refractivity contribution < 1.29 is 9.47 Å². The predicted molar refractivity (Wildman–Crippen MR) is 117 cm³/mol. The molecule has 0 aromatic heterocycles. The van der Waals surface area contributed by atoms with Crippen LogP contribution in [0.4, 0.5) is 0 Å². The van der Waals surface area contributed by atoms with E-state index in [2.05, 4.69) is 91.0 Å². The quantitative estimate of drug-likeness (QED) is 0.575. The van der Waals surface area contributed by atoms with Crippen LogP contribution in [0.3, 0.4) is 0 Å². The van der Waals surface area contributed by atoms with Crippen LogP contribution in [-0.2, 0) is 9.47 Å². The van der Waals surface area contributed by atoms with Crippen LogP contribution in [0.15, 0.2) is 91.0 Å². The van der Waals surface area contributed by atoms with Crippen LogP contribution in [0.25, 0.3) is 0 Å². The van der Waals surface area contributed by atoms with E-state index >= 15 is 0 Å². The first-order valence-corrected chi connectivity index (χ1v) is 11.0. The summed E-state index contributed by atoms with van der Waals surface area (Å²) in [6.45, 7) is 1.38. The van der Waals surface area contributed by atoms with Gasteiger partial charge >= 0.3 is 149 Å². The maximum atomic E-state index is 5.89. The Labute approximate surface area is 166 Å².